The number of fused-ring (bicyclic) bond motifs is 1. The molecule has 1 aromatic carbocycles. The van der Waals surface area contributed by atoms with Crippen LogP contribution in [0.1, 0.15) is 20.8 Å². The fraction of sp³-hybridized carbons (Fsp3) is 0.333. The van der Waals surface area contributed by atoms with Crippen LogP contribution in [0.4, 0.5) is 4.39 Å². The largest absolute Gasteiger partial charge is 0.383 e. The number of amides is 2. The number of ether oxygens (including phenoxy) is 1. The Bertz CT molecular complexity index is 757. The predicted molar refractivity (Wildman–Crippen MR) is 89.9 cm³/mol. The fourth-order valence-electron chi connectivity index (χ4n) is 2.97. The third kappa shape index (κ3) is 3.71. The molecule has 1 unspecified atom stereocenters. The van der Waals surface area contributed by atoms with Gasteiger partial charge >= 0.3 is 0 Å². The van der Waals surface area contributed by atoms with Crippen LogP contribution in [-0.4, -0.2) is 54.1 Å². The molecule has 0 radical (unpaired) electrons. The monoisotopic (exact) mass is 345 g/mol. The average molecular weight is 345 g/mol. The lowest BCUT2D eigenvalue weighted by Gasteiger charge is -2.36. The Labute approximate surface area is 145 Å². The van der Waals surface area contributed by atoms with Gasteiger partial charge in [-0.05, 0) is 36.4 Å². The van der Waals surface area contributed by atoms with Gasteiger partial charge in [-0.25, -0.2) is 4.39 Å². The van der Waals surface area contributed by atoms with Crippen molar-refractivity contribution in [2.24, 2.45) is 0 Å². The van der Waals surface area contributed by atoms with Gasteiger partial charge < -0.3 is 19.5 Å². The Kier molecular flexibility index (Phi) is 5.14. The molecule has 2 heterocycles. The van der Waals surface area contributed by atoms with Crippen LogP contribution in [0.3, 0.4) is 0 Å². The lowest BCUT2D eigenvalue weighted by molar-refractivity contribution is 0.0504. The first kappa shape index (κ1) is 17.2. The van der Waals surface area contributed by atoms with E-state index >= 15 is 0 Å². The molecule has 132 valence electrons. The van der Waals surface area contributed by atoms with Crippen LogP contribution in [0.25, 0.3) is 0 Å². The number of halogens is 1. The Morgan fingerprint density at radius 2 is 2.08 bits per heavy atom. The molecule has 7 heteroatoms. The second kappa shape index (κ2) is 7.48. The van der Waals surface area contributed by atoms with Crippen molar-refractivity contribution >= 4 is 11.8 Å². The van der Waals surface area contributed by atoms with Crippen molar-refractivity contribution in [2.45, 2.75) is 12.6 Å². The molecule has 1 aliphatic rings. The minimum atomic E-state index is -0.389. The molecule has 1 N–H and O–H groups in total. The zero-order valence-corrected chi connectivity index (χ0v) is 13.9. The first-order valence-electron chi connectivity index (χ1n) is 8.09. The number of hydrogen-bond acceptors (Lipinski definition) is 3. The molecule has 0 saturated heterocycles. The van der Waals surface area contributed by atoms with Crippen molar-refractivity contribution in [2.75, 3.05) is 26.8 Å². The fourth-order valence-corrected chi connectivity index (χ4v) is 2.97. The molecule has 0 spiro atoms. The molecule has 1 atom stereocenters. The van der Waals surface area contributed by atoms with Crippen LogP contribution in [0, 0.1) is 5.82 Å². The van der Waals surface area contributed by atoms with Crippen LogP contribution < -0.4 is 5.32 Å². The van der Waals surface area contributed by atoms with Gasteiger partial charge in [0.15, 0.2) is 0 Å². The summed E-state index contributed by atoms with van der Waals surface area (Å²) >= 11 is 0. The highest BCUT2D eigenvalue weighted by Gasteiger charge is 2.32. The molecule has 0 aliphatic carbocycles. The van der Waals surface area contributed by atoms with Crippen molar-refractivity contribution in [1.82, 2.24) is 14.8 Å². The van der Waals surface area contributed by atoms with E-state index < -0.39 is 0 Å². The van der Waals surface area contributed by atoms with Gasteiger partial charge in [-0.15, -0.1) is 0 Å². The summed E-state index contributed by atoms with van der Waals surface area (Å²) in [5, 5.41) is 2.83. The maximum absolute atomic E-state index is 13.0. The highest BCUT2D eigenvalue weighted by atomic mass is 19.1. The number of nitrogens with zero attached hydrogens (tertiary/aromatic N) is 2. The van der Waals surface area contributed by atoms with Gasteiger partial charge in [0.1, 0.15) is 11.5 Å². The highest BCUT2D eigenvalue weighted by molar-refractivity contribution is 5.95. The van der Waals surface area contributed by atoms with Gasteiger partial charge in [0, 0.05) is 38.5 Å². The van der Waals surface area contributed by atoms with Crippen molar-refractivity contribution < 1.29 is 18.7 Å². The summed E-state index contributed by atoms with van der Waals surface area (Å²) in [5.41, 5.74) is 1.02. The van der Waals surface area contributed by atoms with Crippen LogP contribution in [0.2, 0.25) is 0 Å². The van der Waals surface area contributed by atoms with Crippen molar-refractivity contribution in [3.63, 3.8) is 0 Å². The van der Waals surface area contributed by atoms with Crippen LogP contribution in [0.15, 0.2) is 42.6 Å². The Hall–Kier alpha value is -2.67. The molecule has 2 aromatic rings. The van der Waals surface area contributed by atoms with Crippen molar-refractivity contribution in [3.05, 3.63) is 59.7 Å². The van der Waals surface area contributed by atoms with E-state index in [1.54, 1.807) is 18.1 Å². The molecule has 0 fully saturated rings. The molecule has 3 rings (SSSR count). The molecule has 1 aliphatic heterocycles. The van der Waals surface area contributed by atoms with Gasteiger partial charge in [0.2, 0.25) is 0 Å². The average Bonchev–Trinajstić information content (AvgIpc) is 3.08. The van der Waals surface area contributed by atoms with Crippen molar-refractivity contribution in [3.8, 4) is 0 Å². The van der Waals surface area contributed by atoms with E-state index in [0.717, 1.165) is 0 Å². The molecule has 25 heavy (non-hydrogen) atoms. The first-order chi connectivity index (χ1) is 12.1. The van der Waals surface area contributed by atoms with Crippen LogP contribution in [0.5, 0.6) is 0 Å². The van der Waals surface area contributed by atoms with E-state index in [2.05, 4.69) is 5.32 Å². The molecular formula is C18H20FN3O3. The number of methoxy groups -OCH3 is 1. The zero-order chi connectivity index (χ0) is 17.8. The normalized spacial score (nSPS) is 16.6. The third-order valence-corrected chi connectivity index (χ3v) is 4.30. The second-order valence-corrected chi connectivity index (χ2v) is 5.91. The number of benzene rings is 1. The number of rotatable bonds is 6. The van der Waals surface area contributed by atoms with E-state index in [9.17, 15) is 14.0 Å². The van der Waals surface area contributed by atoms with E-state index in [-0.39, 0.29) is 23.7 Å². The molecule has 6 nitrogen and oxygen atoms in total. The Morgan fingerprint density at radius 1 is 1.32 bits per heavy atom. The second-order valence-electron chi connectivity index (χ2n) is 5.91. The summed E-state index contributed by atoms with van der Waals surface area (Å²) in [4.78, 5) is 26.6. The van der Waals surface area contributed by atoms with E-state index in [0.29, 0.717) is 37.5 Å². The minimum absolute atomic E-state index is 0.0747. The Morgan fingerprint density at radius 3 is 2.80 bits per heavy atom. The van der Waals surface area contributed by atoms with Gasteiger partial charge in [-0.3, -0.25) is 9.59 Å². The van der Waals surface area contributed by atoms with Gasteiger partial charge in [-0.1, -0.05) is 0 Å². The summed E-state index contributed by atoms with van der Waals surface area (Å²) in [6.07, 6.45) is 1.86. The molecule has 0 bridgehead atoms. The number of carbonyl (C=O) groups excluding carboxylic acids is 2. The predicted octanol–water partition coefficient (Wildman–Crippen LogP) is 1.53. The highest BCUT2D eigenvalue weighted by Crippen LogP contribution is 2.18. The summed E-state index contributed by atoms with van der Waals surface area (Å²) in [6.45, 7) is 1.79. The number of nitrogens with one attached hydrogen (secondary N) is 1. The lowest BCUT2D eigenvalue weighted by atomic mass is 10.1. The third-order valence-electron chi connectivity index (χ3n) is 4.30. The van der Waals surface area contributed by atoms with Gasteiger partial charge in [0.05, 0.1) is 12.6 Å². The smallest absolute Gasteiger partial charge is 0.270 e. The maximum Gasteiger partial charge on any atom is 0.270 e. The quantitative estimate of drug-likeness (QED) is 0.864. The summed E-state index contributed by atoms with van der Waals surface area (Å²) in [6, 6.07) is 8.81. The number of carbonyl (C=O) groups is 2. The minimum Gasteiger partial charge on any atom is -0.383 e. The summed E-state index contributed by atoms with van der Waals surface area (Å²) in [5.74, 6) is -0.757. The number of hydrogen-bond donors (Lipinski definition) is 1. The van der Waals surface area contributed by atoms with Crippen LogP contribution in [-0.2, 0) is 11.3 Å². The lowest BCUT2D eigenvalue weighted by Crippen LogP contribution is -2.53. The Balaban J connectivity index is 1.69. The van der Waals surface area contributed by atoms with Crippen molar-refractivity contribution in [1.29, 1.82) is 0 Å². The summed E-state index contributed by atoms with van der Waals surface area (Å²) in [7, 11) is 1.59. The molecule has 1 aromatic heterocycles. The van der Waals surface area contributed by atoms with E-state index in [4.69, 9.17) is 4.74 Å². The first-order valence-corrected chi connectivity index (χ1v) is 8.09. The van der Waals surface area contributed by atoms with E-state index in [1.807, 2.05) is 16.8 Å². The standard InChI is InChI=1S/C18H20FN3O3/c1-25-10-9-22-15(12-21-8-2-3-16(21)18(22)24)11-20-17(23)13-4-6-14(19)7-5-13/h2-8,15H,9-12H2,1H3,(H,20,23). The zero-order valence-electron chi connectivity index (χ0n) is 13.9. The molecule has 2 amide bonds. The van der Waals surface area contributed by atoms with Gasteiger partial charge in [0.25, 0.3) is 11.8 Å². The molecular weight excluding hydrogens is 325 g/mol. The summed E-state index contributed by atoms with van der Waals surface area (Å²) < 4.78 is 19.9. The SMILES string of the molecule is COCCN1C(=O)c2cccn2CC1CNC(=O)c1ccc(F)cc1. The van der Waals surface area contributed by atoms with E-state index in [1.165, 1.54) is 24.3 Å². The maximum atomic E-state index is 13.0. The molecule has 0 saturated carbocycles. The van der Waals surface area contributed by atoms with Crippen LogP contribution >= 0.6 is 0 Å². The van der Waals surface area contributed by atoms with Gasteiger partial charge in [-0.2, -0.15) is 0 Å². The number of aromatic nitrogens is 1. The topological polar surface area (TPSA) is 63.6 Å².